The van der Waals surface area contributed by atoms with Gasteiger partial charge in [0.15, 0.2) is 0 Å². The molecule has 1 fully saturated rings. The molecule has 0 unspecified atom stereocenters. The highest BCUT2D eigenvalue weighted by molar-refractivity contribution is 6.32. The fourth-order valence-electron chi connectivity index (χ4n) is 1.74. The predicted octanol–water partition coefficient (Wildman–Crippen LogP) is 1.24. The van der Waals surface area contributed by atoms with Crippen molar-refractivity contribution in [1.29, 1.82) is 0 Å². The number of rotatable bonds is 3. The topological polar surface area (TPSA) is 58.5 Å². The lowest BCUT2D eigenvalue weighted by Gasteiger charge is -2.14. The first-order chi connectivity index (χ1) is 8.06. The second-order valence-corrected chi connectivity index (χ2v) is 4.63. The zero-order chi connectivity index (χ0) is 12.4. The van der Waals surface area contributed by atoms with Crippen LogP contribution in [0.4, 0.5) is 0 Å². The molecule has 7 heteroatoms. The molecule has 1 saturated heterocycles. The second kappa shape index (κ2) is 5.46. The van der Waals surface area contributed by atoms with Crippen molar-refractivity contribution < 1.29 is 9.94 Å². The van der Waals surface area contributed by atoms with Gasteiger partial charge < -0.3 is 5.11 Å². The number of aromatic nitrogens is 2. The monoisotopic (exact) mass is 277 g/mol. The van der Waals surface area contributed by atoms with E-state index in [0.29, 0.717) is 31.3 Å². The maximum Gasteiger partial charge on any atom is 0.224 e. The number of hydrogen-bond acceptors (Lipinski definition) is 5. The van der Waals surface area contributed by atoms with Crippen LogP contribution in [0.2, 0.25) is 10.4 Å². The number of hydroxylamine groups is 2. The summed E-state index contributed by atoms with van der Waals surface area (Å²) in [6.45, 7) is 3.35. The average molecular weight is 278 g/mol. The van der Waals surface area contributed by atoms with Crippen LogP contribution in [0.15, 0.2) is 0 Å². The Labute approximate surface area is 109 Å². The lowest BCUT2D eigenvalue weighted by Crippen LogP contribution is -2.24. The van der Waals surface area contributed by atoms with E-state index in [1.165, 1.54) is 0 Å². The zero-order valence-electron chi connectivity index (χ0n) is 9.36. The number of aliphatic hydroxyl groups excluding tert-OH is 1. The van der Waals surface area contributed by atoms with E-state index in [9.17, 15) is 5.11 Å². The normalized spacial score (nSPS) is 21.1. The summed E-state index contributed by atoms with van der Waals surface area (Å²) in [5, 5.41) is 11.6. The van der Waals surface area contributed by atoms with E-state index in [0.717, 1.165) is 11.3 Å². The standard InChI is InChI=1S/C10H13Cl2N3O2/c1-6-8(9(11)14-10(12)13-6)2-3-15-4-7(16)5-17-15/h7,16H,2-5H2,1H3/t7-/m1/s1. The van der Waals surface area contributed by atoms with Gasteiger partial charge in [0.05, 0.1) is 19.3 Å². The fourth-order valence-corrected chi connectivity index (χ4v) is 2.30. The van der Waals surface area contributed by atoms with E-state index in [-0.39, 0.29) is 5.28 Å². The third-order valence-corrected chi connectivity index (χ3v) is 3.09. The second-order valence-electron chi connectivity index (χ2n) is 3.93. The Morgan fingerprint density at radius 1 is 1.47 bits per heavy atom. The van der Waals surface area contributed by atoms with Crippen LogP contribution in [0.1, 0.15) is 11.3 Å². The summed E-state index contributed by atoms with van der Waals surface area (Å²) < 4.78 is 0. The van der Waals surface area contributed by atoms with Gasteiger partial charge in [-0.2, -0.15) is 5.06 Å². The lowest BCUT2D eigenvalue weighted by atomic mass is 10.2. The minimum absolute atomic E-state index is 0.157. The number of hydrogen-bond donors (Lipinski definition) is 1. The molecule has 2 heterocycles. The van der Waals surface area contributed by atoms with Gasteiger partial charge in [0.25, 0.3) is 0 Å². The number of β-amino-alcohol motifs (C(OH)–C–C–N with tert-alkyl or cyclic N) is 1. The molecular weight excluding hydrogens is 265 g/mol. The van der Waals surface area contributed by atoms with E-state index in [4.69, 9.17) is 28.0 Å². The van der Waals surface area contributed by atoms with Gasteiger partial charge in [0.2, 0.25) is 5.28 Å². The smallest absolute Gasteiger partial charge is 0.224 e. The Bertz CT molecular complexity index is 394. The van der Waals surface area contributed by atoms with Gasteiger partial charge in [-0.05, 0) is 24.9 Å². The summed E-state index contributed by atoms with van der Waals surface area (Å²) in [6, 6.07) is 0. The number of aryl methyl sites for hydroxylation is 1. The van der Waals surface area contributed by atoms with Crippen molar-refractivity contribution in [2.24, 2.45) is 0 Å². The van der Waals surface area contributed by atoms with Crippen molar-refractivity contribution in [2.45, 2.75) is 19.4 Å². The van der Waals surface area contributed by atoms with Crippen molar-refractivity contribution in [3.05, 3.63) is 21.7 Å². The molecule has 2 rings (SSSR count). The van der Waals surface area contributed by atoms with Gasteiger partial charge in [-0.25, -0.2) is 9.97 Å². The molecule has 0 spiro atoms. The predicted molar refractivity (Wildman–Crippen MR) is 64.0 cm³/mol. The van der Waals surface area contributed by atoms with E-state index >= 15 is 0 Å². The minimum atomic E-state index is -0.409. The van der Waals surface area contributed by atoms with Gasteiger partial charge in [-0.3, -0.25) is 4.84 Å². The van der Waals surface area contributed by atoms with Crippen molar-refractivity contribution in [1.82, 2.24) is 15.0 Å². The Morgan fingerprint density at radius 2 is 2.24 bits per heavy atom. The summed E-state index contributed by atoms with van der Waals surface area (Å²) in [5.74, 6) is 0. The number of nitrogens with zero attached hydrogens (tertiary/aromatic N) is 3. The van der Waals surface area contributed by atoms with Crippen LogP contribution in [-0.4, -0.2) is 45.9 Å². The van der Waals surface area contributed by atoms with Crippen molar-refractivity contribution in [2.75, 3.05) is 19.7 Å². The Morgan fingerprint density at radius 3 is 2.82 bits per heavy atom. The quantitative estimate of drug-likeness (QED) is 0.666. The third-order valence-electron chi connectivity index (χ3n) is 2.61. The molecular formula is C10H13Cl2N3O2. The molecule has 0 radical (unpaired) electrons. The first-order valence-corrected chi connectivity index (χ1v) is 6.06. The van der Waals surface area contributed by atoms with Gasteiger partial charge >= 0.3 is 0 Å². The lowest BCUT2D eigenvalue weighted by molar-refractivity contribution is -0.109. The zero-order valence-corrected chi connectivity index (χ0v) is 10.9. The van der Waals surface area contributed by atoms with Gasteiger partial charge in [-0.15, -0.1) is 0 Å². The molecule has 17 heavy (non-hydrogen) atoms. The molecule has 1 aliphatic rings. The van der Waals surface area contributed by atoms with E-state index in [2.05, 4.69) is 9.97 Å². The van der Waals surface area contributed by atoms with Crippen LogP contribution < -0.4 is 0 Å². The first-order valence-electron chi connectivity index (χ1n) is 5.30. The van der Waals surface area contributed by atoms with Crippen LogP contribution >= 0.6 is 23.2 Å². The molecule has 94 valence electrons. The van der Waals surface area contributed by atoms with E-state index in [1.807, 2.05) is 6.92 Å². The molecule has 0 aromatic carbocycles. The molecule has 1 atom stereocenters. The summed E-state index contributed by atoms with van der Waals surface area (Å²) in [6.07, 6.45) is 0.252. The summed E-state index contributed by atoms with van der Waals surface area (Å²) >= 11 is 11.7. The minimum Gasteiger partial charge on any atom is -0.389 e. The van der Waals surface area contributed by atoms with Crippen molar-refractivity contribution >= 4 is 23.2 Å². The molecule has 1 aliphatic heterocycles. The molecule has 1 aromatic rings. The van der Waals surface area contributed by atoms with Gasteiger partial charge in [0.1, 0.15) is 5.15 Å². The average Bonchev–Trinajstić information content (AvgIpc) is 2.62. The van der Waals surface area contributed by atoms with Gasteiger partial charge in [0, 0.05) is 17.8 Å². The Balaban J connectivity index is 1.99. The Hall–Kier alpha value is -0.460. The van der Waals surface area contributed by atoms with Crippen LogP contribution in [-0.2, 0) is 11.3 Å². The SMILES string of the molecule is Cc1nc(Cl)nc(Cl)c1CCN1C[C@@H](O)CO1. The van der Waals surface area contributed by atoms with Crippen molar-refractivity contribution in [3.63, 3.8) is 0 Å². The number of aliphatic hydroxyl groups is 1. The maximum absolute atomic E-state index is 9.31. The van der Waals surface area contributed by atoms with Crippen LogP contribution in [0.3, 0.4) is 0 Å². The van der Waals surface area contributed by atoms with E-state index < -0.39 is 6.10 Å². The van der Waals surface area contributed by atoms with Crippen molar-refractivity contribution in [3.8, 4) is 0 Å². The molecule has 0 aliphatic carbocycles. The molecule has 5 nitrogen and oxygen atoms in total. The largest absolute Gasteiger partial charge is 0.389 e. The maximum atomic E-state index is 9.31. The Kier molecular flexibility index (Phi) is 4.17. The van der Waals surface area contributed by atoms with Crippen LogP contribution in [0, 0.1) is 6.92 Å². The first kappa shape index (κ1) is 13.0. The van der Waals surface area contributed by atoms with Crippen LogP contribution in [0.25, 0.3) is 0 Å². The molecule has 1 N–H and O–H groups in total. The molecule has 0 amide bonds. The van der Waals surface area contributed by atoms with Crippen LogP contribution in [0.5, 0.6) is 0 Å². The molecule has 1 aromatic heterocycles. The summed E-state index contributed by atoms with van der Waals surface area (Å²) in [4.78, 5) is 13.2. The third kappa shape index (κ3) is 3.26. The fraction of sp³-hybridized carbons (Fsp3) is 0.600. The molecule has 0 saturated carbocycles. The highest BCUT2D eigenvalue weighted by Gasteiger charge is 2.21. The summed E-state index contributed by atoms with van der Waals surface area (Å²) in [5.41, 5.74) is 1.64. The summed E-state index contributed by atoms with van der Waals surface area (Å²) in [7, 11) is 0. The highest BCUT2D eigenvalue weighted by Crippen LogP contribution is 2.19. The number of halogens is 2. The highest BCUT2D eigenvalue weighted by atomic mass is 35.5. The van der Waals surface area contributed by atoms with E-state index in [1.54, 1.807) is 5.06 Å². The molecule has 0 bridgehead atoms. The van der Waals surface area contributed by atoms with Gasteiger partial charge in [-0.1, -0.05) is 11.6 Å².